The minimum absolute atomic E-state index is 0.00418. The van der Waals surface area contributed by atoms with E-state index in [1.807, 2.05) is 20.8 Å². The number of hydrogen-bond acceptors (Lipinski definition) is 3. The van der Waals surface area contributed by atoms with Gasteiger partial charge >= 0.3 is 5.97 Å². The van der Waals surface area contributed by atoms with E-state index in [0.717, 1.165) is 0 Å². The summed E-state index contributed by atoms with van der Waals surface area (Å²) in [7, 11) is 0. The molecule has 100 valence electrons. The zero-order chi connectivity index (χ0) is 13.9. The minimum atomic E-state index is -0.964. The van der Waals surface area contributed by atoms with Gasteiger partial charge in [0.15, 0.2) is 0 Å². The third kappa shape index (κ3) is 3.77. The highest BCUT2D eigenvalue weighted by Crippen LogP contribution is 2.23. The van der Waals surface area contributed by atoms with Crippen LogP contribution in [0.4, 0.5) is 0 Å². The monoisotopic (exact) mass is 273 g/mol. The molecule has 0 saturated carbocycles. The van der Waals surface area contributed by atoms with Crippen LogP contribution in [0, 0.1) is 5.41 Å². The van der Waals surface area contributed by atoms with E-state index in [2.05, 4.69) is 5.32 Å². The molecule has 0 aliphatic heterocycles. The Morgan fingerprint density at radius 1 is 1.50 bits per heavy atom. The van der Waals surface area contributed by atoms with E-state index in [4.69, 9.17) is 21.1 Å². The molecule has 18 heavy (non-hydrogen) atoms. The van der Waals surface area contributed by atoms with Crippen LogP contribution in [-0.2, 0) is 4.79 Å². The van der Waals surface area contributed by atoms with Crippen molar-refractivity contribution in [1.82, 2.24) is 5.32 Å². The molecule has 2 N–H and O–H groups in total. The van der Waals surface area contributed by atoms with Crippen LogP contribution in [0.2, 0.25) is 5.22 Å². The fraction of sp³-hybridized carbons (Fsp3) is 0.500. The van der Waals surface area contributed by atoms with E-state index >= 15 is 0 Å². The van der Waals surface area contributed by atoms with Crippen LogP contribution in [0.5, 0.6) is 0 Å². The predicted octanol–water partition coefficient (Wildman–Crippen LogP) is 2.55. The summed E-state index contributed by atoms with van der Waals surface area (Å²) in [6, 6.07) is 0.950. The first kappa shape index (κ1) is 14.6. The molecule has 1 unspecified atom stereocenters. The standard InChI is InChI=1S/C12H16ClNO4/c1-12(2,3)8(6-9(15)16)14-11(17)7-4-5-18-10(7)13/h4-5,8H,6H2,1-3H3,(H,14,17)(H,15,16). The van der Waals surface area contributed by atoms with Crippen LogP contribution in [0.25, 0.3) is 0 Å². The number of carboxylic acids is 1. The van der Waals surface area contributed by atoms with Gasteiger partial charge in [-0.05, 0) is 23.1 Å². The topological polar surface area (TPSA) is 79.5 Å². The van der Waals surface area contributed by atoms with E-state index in [9.17, 15) is 9.59 Å². The quantitative estimate of drug-likeness (QED) is 0.883. The molecule has 0 radical (unpaired) electrons. The highest BCUT2D eigenvalue weighted by molar-refractivity contribution is 6.32. The summed E-state index contributed by atoms with van der Waals surface area (Å²) in [5.41, 5.74) is -0.166. The second kappa shape index (κ2) is 5.44. The summed E-state index contributed by atoms with van der Waals surface area (Å²) in [4.78, 5) is 22.7. The Morgan fingerprint density at radius 2 is 2.11 bits per heavy atom. The van der Waals surface area contributed by atoms with Crippen molar-refractivity contribution in [3.8, 4) is 0 Å². The van der Waals surface area contributed by atoms with Gasteiger partial charge in [-0.25, -0.2) is 0 Å². The smallest absolute Gasteiger partial charge is 0.305 e. The van der Waals surface area contributed by atoms with Crippen LogP contribution < -0.4 is 5.32 Å². The van der Waals surface area contributed by atoms with E-state index in [1.165, 1.54) is 12.3 Å². The van der Waals surface area contributed by atoms with Gasteiger partial charge in [-0.3, -0.25) is 9.59 Å². The summed E-state index contributed by atoms with van der Waals surface area (Å²) < 4.78 is 4.82. The highest BCUT2D eigenvalue weighted by atomic mass is 35.5. The van der Waals surface area contributed by atoms with Crippen LogP contribution >= 0.6 is 11.6 Å². The van der Waals surface area contributed by atoms with Gasteiger partial charge in [0.25, 0.3) is 5.91 Å². The average Bonchev–Trinajstić information content (AvgIpc) is 2.61. The van der Waals surface area contributed by atoms with Gasteiger partial charge in [-0.1, -0.05) is 20.8 Å². The summed E-state index contributed by atoms with van der Waals surface area (Å²) in [6.07, 6.45) is 1.16. The fourth-order valence-electron chi connectivity index (χ4n) is 1.44. The van der Waals surface area contributed by atoms with Crippen molar-refractivity contribution < 1.29 is 19.1 Å². The molecule has 1 amide bonds. The van der Waals surface area contributed by atoms with Gasteiger partial charge in [0.05, 0.1) is 18.2 Å². The first-order valence-corrected chi connectivity index (χ1v) is 5.85. The van der Waals surface area contributed by atoms with Crippen molar-refractivity contribution in [3.63, 3.8) is 0 Å². The Kier molecular flexibility index (Phi) is 4.40. The Bertz CT molecular complexity index is 447. The molecule has 0 saturated heterocycles. The number of amides is 1. The molecular formula is C12H16ClNO4. The summed E-state index contributed by atoms with van der Waals surface area (Å²) in [5.74, 6) is -1.40. The molecule has 0 aliphatic rings. The largest absolute Gasteiger partial charge is 0.481 e. The Balaban J connectivity index is 2.82. The SMILES string of the molecule is CC(C)(C)C(CC(=O)O)NC(=O)c1ccoc1Cl. The van der Waals surface area contributed by atoms with E-state index in [1.54, 1.807) is 0 Å². The van der Waals surface area contributed by atoms with E-state index < -0.39 is 17.9 Å². The number of furan rings is 1. The van der Waals surface area contributed by atoms with E-state index in [-0.39, 0.29) is 22.6 Å². The highest BCUT2D eigenvalue weighted by Gasteiger charge is 2.29. The van der Waals surface area contributed by atoms with Crippen molar-refractivity contribution in [2.45, 2.75) is 33.2 Å². The van der Waals surface area contributed by atoms with Crippen molar-refractivity contribution in [3.05, 3.63) is 23.1 Å². The minimum Gasteiger partial charge on any atom is -0.481 e. The number of carbonyl (C=O) groups is 2. The number of nitrogens with one attached hydrogen (secondary N) is 1. The van der Waals surface area contributed by atoms with E-state index in [0.29, 0.717) is 0 Å². The van der Waals surface area contributed by atoms with Crippen LogP contribution in [0.3, 0.4) is 0 Å². The molecule has 1 atom stereocenters. The average molecular weight is 274 g/mol. The van der Waals surface area contributed by atoms with Crippen LogP contribution in [-0.4, -0.2) is 23.0 Å². The van der Waals surface area contributed by atoms with Crippen LogP contribution in [0.15, 0.2) is 16.7 Å². The molecule has 5 nitrogen and oxygen atoms in total. The first-order chi connectivity index (χ1) is 8.21. The second-order valence-electron chi connectivity index (χ2n) is 5.10. The maximum Gasteiger partial charge on any atom is 0.305 e. The molecule has 0 bridgehead atoms. The van der Waals surface area contributed by atoms with Crippen molar-refractivity contribution in [2.75, 3.05) is 0 Å². The molecule has 1 aromatic heterocycles. The number of hydrogen-bond donors (Lipinski definition) is 2. The molecule has 1 rings (SSSR count). The maximum absolute atomic E-state index is 11.9. The number of carboxylic acid groups (broad SMARTS) is 1. The Hall–Kier alpha value is -1.49. The molecule has 6 heteroatoms. The summed E-state index contributed by atoms with van der Waals surface area (Å²) in [6.45, 7) is 5.58. The molecule has 0 spiro atoms. The lowest BCUT2D eigenvalue weighted by molar-refractivity contribution is -0.138. The normalized spacial score (nSPS) is 13.1. The first-order valence-electron chi connectivity index (χ1n) is 5.47. The Morgan fingerprint density at radius 3 is 2.50 bits per heavy atom. The molecule has 1 heterocycles. The summed E-state index contributed by atoms with van der Waals surface area (Å²) in [5, 5.41) is 11.5. The van der Waals surface area contributed by atoms with Gasteiger partial charge in [0.1, 0.15) is 0 Å². The predicted molar refractivity (Wildman–Crippen MR) is 66.7 cm³/mol. The van der Waals surface area contributed by atoms with Crippen molar-refractivity contribution in [2.24, 2.45) is 5.41 Å². The fourth-order valence-corrected chi connectivity index (χ4v) is 1.64. The number of rotatable bonds is 4. The lowest BCUT2D eigenvalue weighted by Gasteiger charge is -2.30. The number of aliphatic carboxylic acids is 1. The molecule has 0 fully saturated rings. The Labute approximate surface area is 110 Å². The second-order valence-corrected chi connectivity index (χ2v) is 5.44. The lowest BCUT2D eigenvalue weighted by atomic mass is 9.84. The number of carbonyl (C=O) groups excluding carboxylic acids is 1. The maximum atomic E-state index is 11.9. The third-order valence-electron chi connectivity index (χ3n) is 2.59. The van der Waals surface area contributed by atoms with Gasteiger partial charge in [0, 0.05) is 6.04 Å². The van der Waals surface area contributed by atoms with Gasteiger partial charge in [-0.2, -0.15) is 0 Å². The molecule has 0 aliphatic carbocycles. The zero-order valence-corrected chi connectivity index (χ0v) is 11.2. The molecule has 0 aromatic carbocycles. The third-order valence-corrected chi connectivity index (χ3v) is 2.88. The lowest BCUT2D eigenvalue weighted by Crippen LogP contribution is -2.45. The van der Waals surface area contributed by atoms with Crippen molar-refractivity contribution >= 4 is 23.5 Å². The molecule has 1 aromatic rings. The van der Waals surface area contributed by atoms with Gasteiger partial charge in [-0.15, -0.1) is 0 Å². The molecular weight excluding hydrogens is 258 g/mol. The number of halogens is 1. The summed E-state index contributed by atoms with van der Waals surface area (Å²) >= 11 is 5.69. The van der Waals surface area contributed by atoms with Gasteiger partial charge in [0.2, 0.25) is 5.22 Å². The zero-order valence-electron chi connectivity index (χ0n) is 10.5. The van der Waals surface area contributed by atoms with Crippen molar-refractivity contribution in [1.29, 1.82) is 0 Å². The van der Waals surface area contributed by atoms with Gasteiger partial charge < -0.3 is 14.8 Å². The van der Waals surface area contributed by atoms with Crippen LogP contribution in [0.1, 0.15) is 37.6 Å².